The van der Waals surface area contributed by atoms with Crippen molar-refractivity contribution in [3.05, 3.63) is 45.6 Å². The molecule has 0 amide bonds. The van der Waals surface area contributed by atoms with E-state index in [0.717, 1.165) is 11.1 Å². The van der Waals surface area contributed by atoms with Crippen molar-refractivity contribution in [2.75, 3.05) is 6.61 Å². The van der Waals surface area contributed by atoms with Gasteiger partial charge >= 0.3 is 5.97 Å². The fraction of sp³-hybridized carbons (Fsp3) is 0.308. The van der Waals surface area contributed by atoms with Crippen LogP contribution in [0.2, 0.25) is 0 Å². The molecule has 16 heavy (non-hydrogen) atoms. The summed E-state index contributed by atoms with van der Waals surface area (Å²) in [7, 11) is 0. The number of ether oxygens (including phenoxy) is 1. The molecule has 88 valence electrons. The topological polar surface area (TPSA) is 26.3 Å². The van der Waals surface area contributed by atoms with Gasteiger partial charge < -0.3 is 4.74 Å². The average Bonchev–Trinajstić information content (AvgIpc) is 2.18. The highest BCUT2D eigenvalue weighted by molar-refractivity contribution is 14.1. The summed E-state index contributed by atoms with van der Waals surface area (Å²) in [5, 5.41) is 0. The van der Waals surface area contributed by atoms with Gasteiger partial charge in [-0.05, 0) is 30.4 Å². The summed E-state index contributed by atoms with van der Waals surface area (Å²) >= 11 is 2.17. The van der Waals surface area contributed by atoms with E-state index in [1.807, 2.05) is 42.2 Å². The molecule has 0 rings (SSSR count). The Bertz CT molecular complexity index is 336. The van der Waals surface area contributed by atoms with Crippen LogP contribution >= 0.6 is 22.6 Å². The van der Waals surface area contributed by atoms with Crippen molar-refractivity contribution in [2.24, 2.45) is 0 Å². The lowest BCUT2D eigenvalue weighted by Gasteiger charge is -1.95. The van der Waals surface area contributed by atoms with Crippen LogP contribution in [0, 0.1) is 0 Å². The summed E-state index contributed by atoms with van der Waals surface area (Å²) < 4.78 is 6.76. The first kappa shape index (κ1) is 15.2. The number of carbonyl (C=O) groups is 1. The minimum absolute atomic E-state index is 0.294. The Kier molecular flexibility index (Phi) is 8.90. The van der Waals surface area contributed by atoms with E-state index >= 15 is 0 Å². The maximum atomic E-state index is 11.1. The quantitative estimate of drug-likeness (QED) is 0.330. The SMILES string of the molecule is CCOC(=O)/C=C(C)/C=C/C=C(C)\C=C\I. The van der Waals surface area contributed by atoms with E-state index in [1.54, 1.807) is 6.92 Å². The number of rotatable bonds is 5. The Hall–Kier alpha value is -0.840. The maximum Gasteiger partial charge on any atom is 0.330 e. The van der Waals surface area contributed by atoms with E-state index in [4.69, 9.17) is 4.74 Å². The maximum absolute atomic E-state index is 11.1. The third-order valence-corrected chi connectivity index (χ3v) is 2.04. The highest BCUT2D eigenvalue weighted by atomic mass is 127. The van der Waals surface area contributed by atoms with Gasteiger partial charge in [0.1, 0.15) is 0 Å². The molecule has 0 spiro atoms. The van der Waals surface area contributed by atoms with Crippen molar-refractivity contribution in [2.45, 2.75) is 20.8 Å². The highest BCUT2D eigenvalue weighted by Crippen LogP contribution is 2.01. The molecular formula is C13H17IO2. The lowest BCUT2D eigenvalue weighted by Crippen LogP contribution is -1.99. The van der Waals surface area contributed by atoms with Crippen LogP contribution in [0.4, 0.5) is 0 Å². The number of halogens is 1. The Labute approximate surface area is 111 Å². The summed E-state index contributed by atoms with van der Waals surface area (Å²) in [5.74, 6) is -0.294. The third kappa shape index (κ3) is 8.47. The zero-order valence-electron chi connectivity index (χ0n) is 9.87. The molecule has 3 heteroatoms. The van der Waals surface area contributed by atoms with Crippen LogP contribution in [0.15, 0.2) is 45.6 Å². The summed E-state index contributed by atoms with van der Waals surface area (Å²) in [4.78, 5) is 11.1. The van der Waals surface area contributed by atoms with Crippen molar-refractivity contribution in [3.8, 4) is 0 Å². The van der Waals surface area contributed by atoms with Crippen molar-refractivity contribution in [1.82, 2.24) is 0 Å². The molecule has 0 aromatic carbocycles. The van der Waals surface area contributed by atoms with Gasteiger partial charge in [-0.2, -0.15) is 0 Å². The molecule has 2 nitrogen and oxygen atoms in total. The lowest BCUT2D eigenvalue weighted by molar-refractivity contribution is -0.137. The van der Waals surface area contributed by atoms with E-state index in [0.29, 0.717) is 6.61 Å². The van der Waals surface area contributed by atoms with Gasteiger partial charge in [0.25, 0.3) is 0 Å². The molecule has 0 aromatic rings. The molecule has 0 aliphatic heterocycles. The molecule has 0 saturated carbocycles. The minimum atomic E-state index is -0.294. The van der Waals surface area contributed by atoms with Gasteiger partial charge in [0.15, 0.2) is 0 Å². The second-order valence-corrected chi connectivity index (χ2v) is 3.92. The number of hydrogen-bond donors (Lipinski definition) is 0. The van der Waals surface area contributed by atoms with E-state index in [-0.39, 0.29) is 5.97 Å². The molecule has 0 N–H and O–H groups in total. The average molecular weight is 332 g/mol. The predicted molar refractivity (Wildman–Crippen MR) is 76.4 cm³/mol. The van der Waals surface area contributed by atoms with Gasteiger partial charge in [-0.15, -0.1) is 0 Å². The van der Waals surface area contributed by atoms with Crippen LogP contribution in [0.5, 0.6) is 0 Å². The highest BCUT2D eigenvalue weighted by Gasteiger charge is 1.94. The number of esters is 1. The molecule has 0 aliphatic carbocycles. The Morgan fingerprint density at radius 2 is 1.94 bits per heavy atom. The zero-order valence-corrected chi connectivity index (χ0v) is 12.0. The third-order valence-electron chi connectivity index (χ3n) is 1.68. The molecule has 0 radical (unpaired) electrons. The van der Waals surface area contributed by atoms with Crippen LogP contribution in [0.1, 0.15) is 20.8 Å². The number of carbonyl (C=O) groups excluding carboxylic acids is 1. The Morgan fingerprint density at radius 1 is 1.25 bits per heavy atom. The molecular weight excluding hydrogens is 315 g/mol. The zero-order chi connectivity index (χ0) is 12.4. The molecule has 0 fully saturated rings. The summed E-state index contributed by atoms with van der Waals surface area (Å²) in [6, 6.07) is 0. The van der Waals surface area contributed by atoms with Gasteiger partial charge in [0.05, 0.1) is 6.61 Å². The molecule has 0 aliphatic rings. The first-order chi connectivity index (χ1) is 7.60. The Balaban J connectivity index is 4.33. The van der Waals surface area contributed by atoms with E-state index in [2.05, 4.69) is 22.6 Å². The van der Waals surface area contributed by atoms with Gasteiger partial charge in [-0.25, -0.2) is 4.79 Å². The fourth-order valence-electron chi connectivity index (χ4n) is 0.925. The van der Waals surface area contributed by atoms with E-state index < -0.39 is 0 Å². The van der Waals surface area contributed by atoms with Gasteiger partial charge in [-0.3, -0.25) is 0 Å². The van der Waals surface area contributed by atoms with Crippen LogP contribution in [-0.2, 0) is 9.53 Å². The molecule has 0 aromatic heterocycles. The number of allylic oxidation sites excluding steroid dienone is 6. The van der Waals surface area contributed by atoms with Crippen molar-refractivity contribution >= 4 is 28.6 Å². The summed E-state index contributed by atoms with van der Waals surface area (Å²) in [6.45, 7) is 6.08. The number of hydrogen-bond acceptors (Lipinski definition) is 2. The predicted octanol–water partition coefficient (Wildman–Crippen LogP) is 3.95. The summed E-state index contributed by atoms with van der Waals surface area (Å²) in [5.41, 5.74) is 2.04. The monoisotopic (exact) mass is 332 g/mol. The Morgan fingerprint density at radius 3 is 2.50 bits per heavy atom. The van der Waals surface area contributed by atoms with Crippen molar-refractivity contribution in [3.63, 3.8) is 0 Å². The van der Waals surface area contributed by atoms with Gasteiger partial charge in [-0.1, -0.05) is 52.5 Å². The van der Waals surface area contributed by atoms with Crippen LogP contribution < -0.4 is 0 Å². The van der Waals surface area contributed by atoms with Crippen LogP contribution in [0.25, 0.3) is 0 Å². The standard InChI is InChI=1S/C13H17IO2/c1-4-16-13(15)10-12(3)7-5-6-11(2)8-9-14/h5-10H,4H2,1-3H3/b7-5+,9-8+,11-6-,12-10+. The van der Waals surface area contributed by atoms with Crippen LogP contribution in [0.3, 0.4) is 0 Å². The van der Waals surface area contributed by atoms with Crippen molar-refractivity contribution < 1.29 is 9.53 Å². The lowest BCUT2D eigenvalue weighted by atomic mass is 10.2. The van der Waals surface area contributed by atoms with Crippen LogP contribution in [-0.4, -0.2) is 12.6 Å². The first-order valence-corrected chi connectivity index (χ1v) is 6.31. The second kappa shape index (κ2) is 9.39. The molecule has 0 unspecified atom stereocenters. The fourth-order valence-corrected chi connectivity index (χ4v) is 1.49. The molecule has 0 heterocycles. The summed E-state index contributed by atoms with van der Waals surface area (Å²) in [6.07, 6.45) is 9.27. The second-order valence-electron chi connectivity index (χ2n) is 3.20. The molecule has 0 atom stereocenters. The van der Waals surface area contributed by atoms with Crippen molar-refractivity contribution in [1.29, 1.82) is 0 Å². The first-order valence-electron chi connectivity index (χ1n) is 5.07. The molecule has 0 bridgehead atoms. The normalized spacial score (nSPS) is 13.8. The van der Waals surface area contributed by atoms with E-state index in [1.165, 1.54) is 6.08 Å². The molecule has 0 saturated heterocycles. The van der Waals surface area contributed by atoms with Gasteiger partial charge in [0, 0.05) is 6.08 Å². The van der Waals surface area contributed by atoms with Gasteiger partial charge in [0.2, 0.25) is 0 Å². The smallest absolute Gasteiger partial charge is 0.330 e. The largest absolute Gasteiger partial charge is 0.463 e. The van der Waals surface area contributed by atoms with E-state index in [9.17, 15) is 4.79 Å². The minimum Gasteiger partial charge on any atom is -0.463 e.